The number of methoxy groups -OCH3 is 2. The van der Waals surface area contributed by atoms with Gasteiger partial charge >= 0.3 is 15.6 Å². The molecule has 2 saturated heterocycles. The molecule has 4 aromatic rings. The third-order valence-electron chi connectivity index (χ3n) is 7.77. The SMILES string of the molecule is CO[C@@H]1[C@H](OP(=O)(O)OC[C@@H]2C[C@@H](OC)[C@H](n3cnc4c(=O)[nH]c(N)nc43)O2)[C@@H](COP(=O)(O)OC)O[C@H]1n1cnc2c(=O)[nH]c(N)nc21. The standard InChI is InChI=1S/C23H32N10O14P2/c1-40-10-4-9(45-20(10)32-7-26-12-16(32)28-22(24)30-18(12)34)5-43-49(38,39)47-14-11(6-44-48(36,37)42-3)46-21(15(14)41-2)33-8-27-13-17(33)29-23(25)31-19(13)35/h7-11,14-15,20-21H,4-6H2,1-3H3,(H,36,37)(H,38,39)(H3,24,28,30,34)(H3,25,29,31,35)/t9-,10+,11+,14+,15+,20+,21+/m0/s1. The molecule has 2 aliphatic rings. The van der Waals surface area contributed by atoms with Crippen molar-refractivity contribution >= 4 is 49.9 Å². The van der Waals surface area contributed by atoms with Crippen LogP contribution in [0.1, 0.15) is 18.9 Å². The lowest BCUT2D eigenvalue weighted by molar-refractivity contribution is -0.0622. The summed E-state index contributed by atoms with van der Waals surface area (Å²) < 4.78 is 71.6. The Morgan fingerprint density at radius 3 is 1.98 bits per heavy atom. The predicted molar refractivity (Wildman–Crippen MR) is 163 cm³/mol. The van der Waals surface area contributed by atoms with Gasteiger partial charge in [0.2, 0.25) is 11.9 Å². The molecule has 9 atom stereocenters. The molecule has 4 aromatic heterocycles. The first kappa shape index (κ1) is 35.2. The lowest BCUT2D eigenvalue weighted by Crippen LogP contribution is -2.37. The van der Waals surface area contributed by atoms with Crippen LogP contribution in [-0.4, -0.2) is 114 Å². The van der Waals surface area contributed by atoms with Gasteiger partial charge in [0, 0.05) is 27.8 Å². The van der Waals surface area contributed by atoms with Gasteiger partial charge in [0.05, 0.1) is 32.0 Å². The van der Waals surface area contributed by atoms with Crippen molar-refractivity contribution < 1.29 is 56.0 Å². The molecule has 6 rings (SSSR count). The Bertz CT molecular complexity index is 2050. The van der Waals surface area contributed by atoms with Gasteiger partial charge in [-0.05, 0) is 0 Å². The van der Waals surface area contributed by atoms with Crippen LogP contribution in [0.5, 0.6) is 0 Å². The van der Waals surface area contributed by atoms with Crippen LogP contribution in [0, 0.1) is 0 Å². The molecule has 6 heterocycles. The largest absolute Gasteiger partial charge is 0.472 e. The lowest BCUT2D eigenvalue weighted by atomic mass is 10.1. The minimum atomic E-state index is -4.99. The highest BCUT2D eigenvalue weighted by Crippen LogP contribution is 2.51. The number of aromatic nitrogens is 8. The van der Waals surface area contributed by atoms with E-state index >= 15 is 0 Å². The molecular formula is C23H32N10O14P2. The maximum atomic E-state index is 13.4. The number of phosphoric ester groups is 2. The fraction of sp³-hybridized carbons (Fsp3) is 0.565. The summed E-state index contributed by atoms with van der Waals surface area (Å²) in [6.45, 7) is -1.16. The number of ether oxygens (including phenoxy) is 4. The van der Waals surface area contributed by atoms with Gasteiger partial charge in [-0.3, -0.25) is 46.8 Å². The number of hydrogen-bond donors (Lipinski definition) is 6. The van der Waals surface area contributed by atoms with Crippen molar-refractivity contribution in [1.29, 1.82) is 0 Å². The van der Waals surface area contributed by atoms with E-state index in [1.165, 1.54) is 36.0 Å². The summed E-state index contributed by atoms with van der Waals surface area (Å²) in [5, 5.41) is 0. The van der Waals surface area contributed by atoms with Gasteiger partial charge in [0.25, 0.3) is 11.1 Å². The van der Waals surface area contributed by atoms with E-state index in [-0.39, 0.29) is 40.6 Å². The van der Waals surface area contributed by atoms with Crippen molar-refractivity contribution in [2.24, 2.45) is 0 Å². The average molecular weight is 735 g/mol. The van der Waals surface area contributed by atoms with Gasteiger partial charge < -0.3 is 40.2 Å². The summed E-state index contributed by atoms with van der Waals surface area (Å²) in [4.78, 5) is 66.3. The van der Waals surface area contributed by atoms with Crippen molar-refractivity contribution in [3.05, 3.63) is 33.4 Å². The van der Waals surface area contributed by atoms with Gasteiger partial charge in [0.15, 0.2) is 34.8 Å². The van der Waals surface area contributed by atoms with E-state index in [1.54, 1.807) is 0 Å². The second-order valence-electron chi connectivity index (χ2n) is 10.8. The molecule has 2 fully saturated rings. The van der Waals surface area contributed by atoms with E-state index in [4.69, 9.17) is 44.0 Å². The van der Waals surface area contributed by atoms with Crippen molar-refractivity contribution in [3.8, 4) is 0 Å². The van der Waals surface area contributed by atoms with Crippen LogP contribution in [0.25, 0.3) is 22.3 Å². The van der Waals surface area contributed by atoms with E-state index in [0.717, 1.165) is 7.11 Å². The number of phosphoric acid groups is 2. The van der Waals surface area contributed by atoms with Crippen molar-refractivity contribution in [2.45, 2.75) is 49.4 Å². The molecule has 49 heavy (non-hydrogen) atoms. The number of imidazole rings is 2. The summed E-state index contributed by atoms with van der Waals surface area (Å²) in [7, 11) is -5.92. The quantitative estimate of drug-likeness (QED) is 0.0887. The number of H-pyrrole nitrogens is 2. The van der Waals surface area contributed by atoms with E-state index in [1.807, 2.05) is 0 Å². The first-order chi connectivity index (χ1) is 23.2. The maximum Gasteiger partial charge on any atom is 0.472 e. The van der Waals surface area contributed by atoms with Crippen LogP contribution in [0.2, 0.25) is 0 Å². The van der Waals surface area contributed by atoms with E-state index in [0.29, 0.717) is 0 Å². The Hall–Kier alpha value is -3.64. The number of anilines is 2. The van der Waals surface area contributed by atoms with Crippen LogP contribution in [0.4, 0.5) is 11.9 Å². The lowest BCUT2D eigenvalue weighted by Gasteiger charge is -2.25. The Kier molecular flexibility index (Phi) is 9.76. The smallest absolute Gasteiger partial charge is 0.377 e. The number of nitrogens with two attached hydrogens (primary N) is 2. The van der Waals surface area contributed by atoms with Gasteiger partial charge in [-0.15, -0.1) is 0 Å². The molecule has 0 saturated carbocycles. The number of nitrogen functional groups attached to an aromatic ring is 2. The molecule has 2 unspecified atom stereocenters. The highest BCUT2D eigenvalue weighted by atomic mass is 31.2. The minimum absolute atomic E-state index is 0.0155. The van der Waals surface area contributed by atoms with Gasteiger partial charge in [-0.25, -0.2) is 19.1 Å². The average Bonchev–Trinajstić information content (AvgIpc) is 3.82. The van der Waals surface area contributed by atoms with E-state index in [2.05, 4.69) is 34.4 Å². The Labute approximate surface area is 273 Å². The zero-order valence-electron chi connectivity index (χ0n) is 25.8. The molecule has 0 amide bonds. The van der Waals surface area contributed by atoms with Crippen LogP contribution in [-0.2, 0) is 46.2 Å². The van der Waals surface area contributed by atoms with E-state index < -0.39 is 83.0 Å². The van der Waals surface area contributed by atoms with Crippen LogP contribution >= 0.6 is 15.6 Å². The third kappa shape index (κ3) is 7.04. The van der Waals surface area contributed by atoms with Crippen molar-refractivity contribution in [2.75, 3.05) is 46.0 Å². The van der Waals surface area contributed by atoms with Crippen LogP contribution < -0.4 is 22.6 Å². The molecule has 2 aliphatic heterocycles. The fourth-order valence-corrected chi connectivity index (χ4v) is 6.98. The number of nitrogens with zero attached hydrogens (tertiary/aromatic N) is 6. The first-order valence-corrected chi connectivity index (χ1v) is 17.2. The highest BCUT2D eigenvalue weighted by Gasteiger charge is 2.51. The summed E-state index contributed by atoms with van der Waals surface area (Å²) >= 11 is 0. The molecule has 26 heteroatoms. The number of aromatic amines is 2. The molecule has 268 valence electrons. The number of nitrogens with one attached hydrogen (secondary N) is 2. The number of rotatable bonds is 13. The topological polar surface area (TPSA) is 328 Å². The van der Waals surface area contributed by atoms with Gasteiger partial charge in [-0.1, -0.05) is 0 Å². The Balaban J connectivity index is 1.20. The molecule has 0 bridgehead atoms. The summed E-state index contributed by atoms with van der Waals surface area (Å²) in [5.41, 5.74) is 10.3. The molecular weight excluding hydrogens is 702 g/mol. The second-order valence-corrected chi connectivity index (χ2v) is 13.7. The Morgan fingerprint density at radius 2 is 1.43 bits per heavy atom. The zero-order valence-corrected chi connectivity index (χ0v) is 27.6. The molecule has 8 N–H and O–H groups in total. The minimum Gasteiger partial charge on any atom is -0.377 e. The summed E-state index contributed by atoms with van der Waals surface area (Å²) in [5.74, 6) is -0.365. The third-order valence-corrected chi connectivity index (χ3v) is 9.69. The van der Waals surface area contributed by atoms with Crippen molar-refractivity contribution in [1.82, 2.24) is 39.0 Å². The summed E-state index contributed by atoms with van der Waals surface area (Å²) in [6.07, 6.45) is -4.91. The molecule has 0 radical (unpaired) electrons. The van der Waals surface area contributed by atoms with Gasteiger partial charge in [-0.2, -0.15) is 9.97 Å². The zero-order chi connectivity index (χ0) is 35.2. The maximum absolute atomic E-state index is 13.4. The monoisotopic (exact) mass is 734 g/mol. The van der Waals surface area contributed by atoms with E-state index in [9.17, 15) is 28.5 Å². The van der Waals surface area contributed by atoms with Crippen LogP contribution in [0.15, 0.2) is 22.2 Å². The second kappa shape index (κ2) is 13.6. The summed E-state index contributed by atoms with van der Waals surface area (Å²) in [6, 6.07) is 0. The fourth-order valence-electron chi connectivity index (χ4n) is 5.57. The normalized spacial score (nSPS) is 28.3. The first-order valence-electron chi connectivity index (χ1n) is 14.2. The van der Waals surface area contributed by atoms with Crippen LogP contribution in [0.3, 0.4) is 0 Å². The molecule has 24 nitrogen and oxygen atoms in total. The molecule has 0 aliphatic carbocycles. The van der Waals surface area contributed by atoms with Gasteiger partial charge in [0.1, 0.15) is 24.4 Å². The molecule has 0 spiro atoms. The molecule has 0 aromatic carbocycles. The number of fused-ring (bicyclic) bond motifs is 2. The predicted octanol–water partition coefficient (Wildman–Crippen LogP) is -1.10. The Morgan fingerprint density at radius 1 is 0.857 bits per heavy atom. The van der Waals surface area contributed by atoms with Crippen molar-refractivity contribution in [3.63, 3.8) is 0 Å². The number of hydrogen-bond acceptors (Lipinski definition) is 18. The highest BCUT2D eigenvalue weighted by molar-refractivity contribution is 7.47.